The van der Waals surface area contributed by atoms with Crippen molar-refractivity contribution in [2.75, 3.05) is 10.6 Å². The van der Waals surface area contributed by atoms with Gasteiger partial charge in [0.2, 0.25) is 5.91 Å². The lowest BCUT2D eigenvalue weighted by atomic mass is 10.0. The second kappa shape index (κ2) is 10.9. The third-order valence-corrected chi connectivity index (χ3v) is 6.63. The molecule has 1 heterocycles. The zero-order chi connectivity index (χ0) is 26.5. The average molecular weight is 516 g/mol. The minimum atomic E-state index is -1.14. The fraction of sp³-hybridized carbons (Fsp3) is 0.111. The maximum Gasteiger partial charge on any atom is 0.273 e. The number of benzene rings is 3. The zero-order valence-electron chi connectivity index (χ0n) is 19.9. The summed E-state index contributed by atoms with van der Waals surface area (Å²) in [6, 6.07) is 21.4. The lowest BCUT2D eigenvalue weighted by molar-refractivity contribution is -0.122. The highest BCUT2D eigenvalue weighted by atomic mass is 32.1. The van der Waals surface area contributed by atoms with Gasteiger partial charge >= 0.3 is 0 Å². The van der Waals surface area contributed by atoms with Crippen LogP contribution in [0.1, 0.15) is 42.9 Å². The lowest BCUT2D eigenvalue weighted by Crippen LogP contribution is -2.44. The first-order chi connectivity index (χ1) is 17.8. The molecule has 0 radical (unpaired) electrons. The monoisotopic (exact) mass is 515 g/mol. The SMILES string of the molecule is Cc1ccccc1N(C(=O)c1snc(C(N)=O)c1N)[C@H](C(=O)NCc1ccccc1)c1ccc(O)cc1. The molecule has 4 aromatic rings. The number of aromatic nitrogens is 1. The van der Waals surface area contributed by atoms with E-state index in [1.807, 2.05) is 49.4 Å². The van der Waals surface area contributed by atoms with Crippen molar-refractivity contribution in [3.05, 3.63) is 106 Å². The van der Waals surface area contributed by atoms with Gasteiger partial charge in [0.05, 0.1) is 5.69 Å². The third kappa shape index (κ3) is 5.44. The van der Waals surface area contributed by atoms with Gasteiger partial charge in [-0.1, -0.05) is 60.7 Å². The van der Waals surface area contributed by atoms with Crippen LogP contribution < -0.4 is 21.7 Å². The van der Waals surface area contributed by atoms with Gasteiger partial charge in [-0.15, -0.1) is 0 Å². The van der Waals surface area contributed by atoms with Gasteiger partial charge in [0.1, 0.15) is 16.7 Å². The second-order valence-corrected chi connectivity index (χ2v) is 9.07. The van der Waals surface area contributed by atoms with Gasteiger partial charge in [0.25, 0.3) is 11.8 Å². The van der Waals surface area contributed by atoms with Crippen LogP contribution in [0.3, 0.4) is 0 Å². The molecule has 0 unspecified atom stereocenters. The highest BCUT2D eigenvalue weighted by Gasteiger charge is 2.36. The highest BCUT2D eigenvalue weighted by molar-refractivity contribution is 7.09. The van der Waals surface area contributed by atoms with Crippen LogP contribution in [-0.2, 0) is 11.3 Å². The number of primary amides is 1. The van der Waals surface area contributed by atoms with Crippen LogP contribution >= 0.6 is 11.5 Å². The molecule has 3 amide bonds. The van der Waals surface area contributed by atoms with E-state index in [9.17, 15) is 19.5 Å². The highest BCUT2D eigenvalue weighted by Crippen LogP contribution is 2.35. The third-order valence-electron chi connectivity index (χ3n) is 5.77. The summed E-state index contributed by atoms with van der Waals surface area (Å²) in [7, 11) is 0. The van der Waals surface area contributed by atoms with Gasteiger partial charge in [-0.2, -0.15) is 4.37 Å². The Hall–Kier alpha value is -4.70. The first kappa shape index (κ1) is 25.4. The summed E-state index contributed by atoms with van der Waals surface area (Å²) in [4.78, 5) is 40.9. The molecular weight excluding hydrogens is 490 g/mol. The number of para-hydroxylation sites is 1. The number of hydrogen-bond donors (Lipinski definition) is 4. The van der Waals surface area contributed by atoms with Gasteiger partial charge < -0.3 is 21.9 Å². The predicted molar refractivity (Wildman–Crippen MR) is 142 cm³/mol. The van der Waals surface area contributed by atoms with E-state index in [4.69, 9.17) is 11.5 Å². The molecule has 0 fully saturated rings. The fourth-order valence-corrected chi connectivity index (χ4v) is 4.64. The normalized spacial score (nSPS) is 11.5. The maximum absolute atomic E-state index is 14.0. The number of phenols is 1. The molecular formula is C27H25N5O4S. The van der Waals surface area contributed by atoms with Crippen molar-refractivity contribution < 1.29 is 19.5 Å². The standard InChI is InChI=1S/C27H25N5O4S/c1-16-7-5-6-10-20(16)32(27(36)24-21(28)22(25(29)34)31-37-24)23(18-11-13-19(33)14-12-18)26(35)30-15-17-8-3-2-4-9-17/h2-14,23,33H,15,28H2,1H3,(H2,29,34)(H,30,35)/t23-/m0/s1. The summed E-state index contributed by atoms with van der Waals surface area (Å²) >= 11 is 0.740. The Balaban J connectivity index is 1.84. The van der Waals surface area contributed by atoms with E-state index < -0.39 is 23.8 Å². The Kier molecular flexibility index (Phi) is 7.49. The van der Waals surface area contributed by atoms with Gasteiger partial charge in [0.15, 0.2) is 5.69 Å². The predicted octanol–water partition coefficient (Wildman–Crippen LogP) is 3.54. The number of aryl methyl sites for hydroxylation is 1. The van der Waals surface area contributed by atoms with Crippen molar-refractivity contribution in [1.82, 2.24) is 9.69 Å². The first-order valence-corrected chi connectivity index (χ1v) is 12.1. The number of rotatable bonds is 8. The average Bonchev–Trinajstić information content (AvgIpc) is 3.29. The molecule has 6 N–H and O–H groups in total. The number of carbonyl (C=O) groups is 3. The van der Waals surface area contributed by atoms with Crippen molar-refractivity contribution in [2.45, 2.75) is 19.5 Å². The minimum Gasteiger partial charge on any atom is -0.508 e. The summed E-state index contributed by atoms with van der Waals surface area (Å²) in [5.41, 5.74) is 13.6. The first-order valence-electron chi connectivity index (χ1n) is 11.3. The second-order valence-electron chi connectivity index (χ2n) is 8.30. The van der Waals surface area contributed by atoms with Crippen molar-refractivity contribution in [2.24, 2.45) is 5.73 Å². The molecule has 0 spiro atoms. The summed E-state index contributed by atoms with van der Waals surface area (Å²) in [5.74, 6) is -1.92. The van der Waals surface area contributed by atoms with Gasteiger partial charge in [-0.3, -0.25) is 19.3 Å². The van der Waals surface area contributed by atoms with E-state index in [-0.39, 0.29) is 28.6 Å². The molecule has 1 atom stereocenters. The van der Waals surface area contributed by atoms with E-state index in [2.05, 4.69) is 9.69 Å². The summed E-state index contributed by atoms with van der Waals surface area (Å²) in [6.07, 6.45) is 0. The van der Waals surface area contributed by atoms with E-state index in [0.717, 1.165) is 22.7 Å². The van der Waals surface area contributed by atoms with E-state index in [1.54, 1.807) is 24.3 Å². The van der Waals surface area contributed by atoms with Crippen molar-refractivity contribution in [1.29, 1.82) is 0 Å². The topological polar surface area (TPSA) is 152 Å². The van der Waals surface area contributed by atoms with Crippen LogP contribution in [-0.4, -0.2) is 27.2 Å². The minimum absolute atomic E-state index is 0.0127. The number of nitrogens with zero attached hydrogens (tertiary/aromatic N) is 2. The Bertz CT molecular complexity index is 1440. The Morgan fingerprint density at radius 1 is 1.00 bits per heavy atom. The molecule has 4 rings (SSSR count). The zero-order valence-corrected chi connectivity index (χ0v) is 20.7. The van der Waals surface area contributed by atoms with Crippen molar-refractivity contribution in [3.8, 4) is 5.75 Å². The Labute approximate surface area is 217 Å². The smallest absolute Gasteiger partial charge is 0.273 e. The molecule has 1 aromatic heterocycles. The molecule has 188 valence electrons. The molecule has 0 aliphatic carbocycles. The van der Waals surface area contributed by atoms with E-state index in [0.29, 0.717) is 11.3 Å². The van der Waals surface area contributed by atoms with E-state index >= 15 is 0 Å². The van der Waals surface area contributed by atoms with Gasteiger partial charge in [0, 0.05) is 12.2 Å². The molecule has 0 saturated carbocycles. The number of aromatic hydroxyl groups is 1. The number of nitrogens with one attached hydrogen (secondary N) is 1. The van der Waals surface area contributed by atoms with Crippen LogP contribution in [0.5, 0.6) is 5.75 Å². The molecule has 0 aliphatic rings. The Morgan fingerprint density at radius 2 is 1.65 bits per heavy atom. The van der Waals surface area contributed by atoms with Crippen LogP contribution in [0.4, 0.5) is 11.4 Å². The molecule has 37 heavy (non-hydrogen) atoms. The number of amides is 3. The summed E-state index contributed by atoms with van der Waals surface area (Å²) < 4.78 is 3.96. The quantitative estimate of drug-likeness (QED) is 0.282. The number of carbonyl (C=O) groups excluding carboxylic acids is 3. The van der Waals surface area contributed by atoms with Crippen LogP contribution in [0, 0.1) is 6.92 Å². The molecule has 9 nitrogen and oxygen atoms in total. The number of nitrogens with two attached hydrogens (primary N) is 2. The molecule has 0 aliphatic heterocycles. The van der Waals surface area contributed by atoms with Crippen LogP contribution in [0.2, 0.25) is 0 Å². The Morgan fingerprint density at radius 3 is 2.27 bits per heavy atom. The summed E-state index contributed by atoms with van der Waals surface area (Å²) in [5, 5.41) is 12.8. The lowest BCUT2D eigenvalue weighted by Gasteiger charge is -2.32. The molecule has 3 aromatic carbocycles. The summed E-state index contributed by atoms with van der Waals surface area (Å²) in [6.45, 7) is 2.05. The van der Waals surface area contributed by atoms with Crippen LogP contribution in [0.25, 0.3) is 0 Å². The number of phenolic OH excluding ortho intramolecular Hbond substituents is 1. The van der Waals surface area contributed by atoms with E-state index in [1.165, 1.54) is 17.0 Å². The molecule has 10 heteroatoms. The van der Waals surface area contributed by atoms with Crippen LogP contribution in [0.15, 0.2) is 78.9 Å². The molecule has 0 bridgehead atoms. The van der Waals surface area contributed by atoms with Crippen molar-refractivity contribution in [3.63, 3.8) is 0 Å². The number of anilines is 2. The maximum atomic E-state index is 14.0. The molecule has 0 saturated heterocycles. The number of nitrogen functional groups attached to an aromatic ring is 1. The van der Waals surface area contributed by atoms with Gasteiger partial charge in [-0.05, 0) is 53.3 Å². The van der Waals surface area contributed by atoms with Gasteiger partial charge in [-0.25, -0.2) is 0 Å². The fourth-order valence-electron chi connectivity index (χ4n) is 3.89. The number of hydrogen-bond acceptors (Lipinski definition) is 7. The van der Waals surface area contributed by atoms with Crippen molar-refractivity contribution >= 4 is 40.6 Å². The largest absolute Gasteiger partial charge is 0.508 e.